The van der Waals surface area contributed by atoms with Crippen molar-refractivity contribution in [2.24, 2.45) is 5.92 Å². The summed E-state index contributed by atoms with van der Waals surface area (Å²) in [5.74, 6) is 2.75. The van der Waals surface area contributed by atoms with Crippen LogP contribution in [0.15, 0.2) is 30.6 Å². The van der Waals surface area contributed by atoms with E-state index >= 15 is 0 Å². The summed E-state index contributed by atoms with van der Waals surface area (Å²) < 4.78 is 7.48. The Morgan fingerprint density at radius 3 is 3.08 bits per heavy atom. The minimum Gasteiger partial charge on any atom is -0.378 e. The van der Waals surface area contributed by atoms with Gasteiger partial charge in [0.05, 0.1) is 19.4 Å². The van der Waals surface area contributed by atoms with Crippen LogP contribution in [0.4, 0.5) is 11.6 Å². The van der Waals surface area contributed by atoms with E-state index in [4.69, 9.17) is 4.74 Å². The third-order valence-corrected chi connectivity index (χ3v) is 4.65. The summed E-state index contributed by atoms with van der Waals surface area (Å²) in [5.41, 5.74) is 1.25. The van der Waals surface area contributed by atoms with E-state index in [9.17, 15) is 0 Å². The van der Waals surface area contributed by atoms with Crippen LogP contribution >= 0.6 is 0 Å². The third-order valence-electron chi connectivity index (χ3n) is 4.65. The molecule has 0 spiro atoms. The summed E-state index contributed by atoms with van der Waals surface area (Å²) in [4.78, 5) is 6.91. The van der Waals surface area contributed by atoms with Crippen LogP contribution in [0.5, 0.6) is 0 Å². The number of morpholine rings is 1. The molecule has 0 saturated carbocycles. The summed E-state index contributed by atoms with van der Waals surface area (Å²) in [6, 6.07) is 6.20. The number of anilines is 2. The predicted octanol–water partition coefficient (Wildman–Crippen LogP) is 0.946. The SMILES string of the molecule is c1cnc(N2CCOCC2)c(CNC[C@@H]2CNc3ccnn3C2)c1. The molecule has 2 aliphatic rings. The fraction of sp³-hybridized carbons (Fsp3) is 0.529. The van der Waals surface area contributed by atoms with E-state index < -0.39 is 0 Å². The number of fused-ring (bicyclic) bond motifs is 1. The molecule has 128 valence electrons. The zero-order chi connectivity index (χ0) is 16.2. The lowest BCUT2D eigenvalue weighted by Crippen LogP contribution is -2.38. The first-order valence-electron chi connectivity index (χ1n) is 8.63. The minimum atomic E-state index is 0.543. The molecule has 24 heavy (non-hydrogen) atoms. The molecular weight excluding hydrogens is 304 g/mol. The van der Waals surface area contributed by atoms with Crippen LogP contribution in [0, 0.1) is 5.92 Å². The van der Waals surface area contributed by atoms with Crippen LogP contribution in [0.25, 0.3) is 0 Å². The van der Waals surface area contributed by atoms with Gasteiger partial charge in [0.15, 0.2) is 0 Å². The highest BCUT2D eigenvalue weighted by Gasteiger charge is 2.19. The van der Waals surface area contributed by atoms with Crippen LogP contribution in [0.3, 0.4) is 0 Å². The van der Waals surface area contributed by atoms with Gasteiger partial charge in [-0.2, -0.15) is 5.10 Å². The van der Waals surface area contributed by atoms with Crippen molar-refractivity contribution < 1.29 is 4.74 Å². The van der Waals surface area contributed by atoms with Crippen molar-refractivity contribution in [2.75, 3.05) is 49.6 Å². The van der Waals surface area contributed by atoms with Crippen LogP contribution in [0.1, 0.15) is 5.56 Å². The first-order valence-corrected chi connectivity index (χ1v) is 8.63. The summed E-state index contributed by atoms with van der Waals surface area (Å²) >= 11 is 0. The fourth-order valence-corrected chi connectivity index (χ4v) is 3.36. The standard InChI is InChI=1S/C17H24N6O/c1-2-15(17(19-4-1)22-6-8-24-9-7-22)12-18-10-14-11-20-16-3-5-21-23(16)13-14/h1-5,14,18,20H,6-13H2/t14-/m1/s1. The molecule has 7 nitrogen and oxygen atoms in total. The normalized spacial score (nSPS) is 20.5. The van der Waals surface area contributed by atoms with Crippen LogP contribution in [0.2, 0.25) is 0 Å². The van der Waals surface area contributed by atoms with E-state index in [1.165, 1.54) is 5.56 Å². The molecule has 0 radical (unpaired) electrons. The number of hydrogen-bond acceptors (Lipinski definition) is 6. The first-order chi connectivity index (χ1) is 11.9. The van der Waals surface area contributed by atoms with E-state index in [1.54, 1.807) is 0 Å². The van der Waals surface area contributed by atoms with Gasteiger partial charge in [-0.15, -0.1) is 0 Å². The average Bonchev–Trinajstić information content (AvgIpc) is 3.11. The Balaban J connectivity index is 1.33. The zero-order valence-electron chi connectivity index (χ0n) is 13.8. The lowest BCUT2D eigenvalue weighted by atomic mass is 10.1. The molecule has 2 aromatic rings. The second-order valence-corrected chi connectivity index (χ2v) is 6.36. The van der Waals surface area contributed by atoms with Gasteiger partial charge in [-0.3, -0.25) is 0 Å². The van der Waals surface area contributed by atoms with Gasteiger partial charge >= 0.3 is 0 Å². The molecule has 0 aromatic carbocycles. The molecule has 4 heterocycles. The van der Waals surface area contributed by atoms with E-state index in [0.29, 0.717) is 5.92 Å². The maximum Gasteiger partial charge on any atom is 0.133 e. The van der Waals surface area contributed by atoms with Crippen molar-refractivity contribution in [1.82, 2.24) is 20.1 Å². The van der Waals surface area contributed by atoms with Gasteiger partial charge in [0.2, 0.25) is 0 Å². The second-order valence-electron chi connectivity index (χ2n) is 6.36. The van der Waals surface area contributed by atoms with Gasteiger partial charge in [0.25, 0.3) is 0 Å². The lowest BCUT2D eigenvalue weighted by molar-refractivity contribution is 0.122. The zero-order valence-corrected chi connectivity index (χ0v) is 13.8. The summed E-state index contributed by atoms with van der Waals surface area (Å²) in [6.45, 7) is 7.14. The van der Waals surface area contributed by atoms with Crippen LogP contribution < -0.4 is 15.5 Å². The van der Waals surface area contributed by atoms with Crippen molar-refractivity contribution >= 4 is 11.6 Å². The second kappa shape index (κ2) is 7.19. The van der Waals surface area contributed by atoms with Crippen molar-refractivity contribution in [3.8, 4) is 0 Å². The van der Waals surface area contributed by atoms with E-state index in [1.807, 2.05) is 29.2 Å². The average molecular weight is 328 g/mol. The largest absolute Gasteiger partial charge is 0.378 e. The van der Waals surface area contributed by atoms with Crippen molar-refractivity contribution in [3.05, 3.63) is 36.2 Å². The molecule has 0 bridgehead atoms. The fourth-order valence-electron chi connectivity index (χ4n) is 3.36. The Hall–Kier alpha value is -2.12. The monoisotopic (exact) mass is 328 g/mol. The van der Waals surface area contributed by atoms with Gasteiger partial charge in [-0.1, -0.05) is 6.07 Å². The highest BCUT2D eigenvalue weighted by molar-refractivity contribution is 5.47. The summed E-state index contributed by atoms with van der Waals surface area (Å²) in [6.07, 6.45) is 3.72. The Labute approximate surface area is 142 Å². The molecule has 1 saturated heterocycles. The molecule has 0 unspecified atom stereocenters. The van der Waals surface area contributed by atoms with Gasteiger partial charge in [0.1, 0.15) is 11.6 Å². The maximum absolute atomic E-state index is 5.44. The number of rotatable bonds is 5. The molecular formula is C17H24N6O. The lowest BCUT2D eigenvalue weighted by Gasteiger charge is -2.29. The number of ether oxygens (including phenoxy) is 1. The molecule has 2 N–H and O–H groups in total. The van der Waals surface area contributed by atoms with Crippen molar-refractivity contribution in [1.29, 1.82) is 0 Å². The Morgan fingerprint density at radius 1 is 1.25 bits per heavy atom. The molecule has 2 aromatic heterocycles. The summed E-state index contributed by atoms with van der Waals surface area (Å²) in [7, 11) is 0. The smallest absolute Gasteiger partial charge is 0.133 e. The highest BCUT2D eigenvalue weighted by Crippen LogP contribution is 2.19. The molecule has 4 rings (SSSR count). The Morgan fingerprint density at radius 2 is 2.17 bits per heavy atom. The molecule has 2 aliphatic heterocycles. The third kappa shape index (κ3) is 3.37. The molecule has 7 heteroatoms. The van der Waals surface area contributed by atoms with E-state index in [2.05, 4.69) is 31.7 Å². The number of pyridine rings is 1. The van der Waals surface area contributed by atoms with Crippen LogP contribution in [-0.4, -0.2) is 54.2 Å². The first kappa shape index (κ1) is 15.4. The quantitative estimate of drug-likeness (QED) is 0.852. The van der Waals surface area contributed by atoms with E-state index in [0.717, 1.165) is 64.1 Å². The van der Waals surface area contributed by atoms with Crippen molar-refractivity contribution in [2.45, 2.75) is 13.1 Å². The summed E-state index contributed by atoms with van der Waals surface area (Å²) in [5, 5.41) is 11.4. The van der Waals surface area contributed by atoms with Gasteiger partial charge in [-0.25, -0.2) is 9.67 Å². The number of aromatic nitrogens is 3. The Bertz CT molecular complexity index is 667. The van der Waals surface area contributed by atoms with Crippen molar-refractivity contribution in [3.63, 3.8) is 0 Å². The molecule has 0 amide bonds. The Kier molecular flexibility index (Phi) is 4.62. The van der Waals surface area contributed by atoms with Gasteiger partial charge in [-0.05, 0) is 6.07 Å². The number of hydrogen-bond donors (Lipinski definition) is 2. The topological polar surface area (TPSA) is 67.2 Å². The maximum atomic E-state index is 5.44. The van der Waals surface area contributed by atoms with Gasteiger partial charge < -0.3 is 20.3 Å². The number of nitrogens with one attached hydrogen (secondary N) is 2. The molecule has 1 fully saturated rings. The highest BCUT2D eigenvalue weighted by atomic mass is 16.5. The minimum absolute atomic E-state index is 0.543. The van der Waals surface area contributed by atoms with Crippen LogP contribution in [-0.2, 0) is 17.8 Å². The molecule has 0 aliphatic carbocycles. The number of nitrogens with zero attached hydrogens (tertiary/aromatic N) is 4. The molecule has 1 atom stereocenters. The predicted molar refractivity (Wildman–Crippen MR) is 93.2 cm³/mol. The van der Waals surface area contributed by atoms with Gasteiger partial charge in [0, 0.05) is 63.0 Å². The van der Waals surface area contributed by atoms with E-state index in [-0.39, 0.29) is 0 Å².